The first-order valence-electron chi connectivity index (χ1n) is 7.54. The fourth-order valence-electron chi connectivity index (χ4n) is 3.05. The summed E-state index contributed by atoms with van der Waals surface area (Å²) >= 11 is 0. The lowest BCUT2D eigenvalue weighted by atomic mass is 9.81. The van der Waals surface area contributed by atoms with Crippen molar-refractivity contribution in [2.24, 2.45) is 0 Å². The van der Waals surface area contributed by atoms with Crippen LogP contribution in [0.4, 0.5) is 5.69 Å². The Morgan fingerprint density at radius 2 is 1.95 bits per heavy atom. The second kappa shape index (κ2) is 5.31. The molecule has 0 bridgehead atoms. The molecule has 3 rings (SSSR count). The minimum atomic E-state index is 0.407. The van der Waals surface area contributed by atoms with Gasteiger partial charge in [0, 0.05) is 12.2 Å². The van der Waals surface area contributed by atoms with E-state index in [2.05, 4.69) is 61.6 Å². The van der Waals surface area contributed by atoms with Gasteiger partial charge in [-0.3, -0.25) is 4.68 Å². The monoisotopic (exact) mass is 269 g/mol. The first-order chi connectivity index (χ1) is 9.65. The molecule has 106 valence electrons. The van der Waals surface area contributed by atoms with Crippen LogP contribution in [0, 0.1) is 0 Å². The maximum Gasteiger partial charge on any atom is 0.0731 e. The summed E-state index contributed by atoms with van der Waals surface area (Å²) in [6, 6.07) is 9.63. The molecular formula is C17H23N3. The van der Waals surface area contributed by atoms with E-state index in [0.29, 0.717) is 18.0 Å². The second-order valence-electron chi connectivity index (χ2n) is 6.11. The lowest BCUT2D eigenvalue weighted by Gasteiger charge is -2.30. The summed E-state index contributed by atoms with van der Waals surface area (Å²) in [7, 11) is 0. The molecule has 0 saturated heterocycles. The van der Waals surface area contributed by atoms with Crippen molar-refractivity contribution in [2.75, 3.05) is 5.32 Å². The molecule has 1 aliphatic rings. The number of hydrogen-bond donors (Lipinski definition) is 1. The third-order valence-electron chi connectivity index (χ3n) is 4.26. The zero-order valence-electron chi connectivity index (χ0n) is 12.5. The minimum Gasteiger partial charge on any atom is -0.376 e. The fourth-order valence-corrected chi connectivity index (χ4v) is 3.05. The van der Waals surface area contributed by atoms with Gasteiger partial charge in [-0.1, -0.05) is 31.2 Å². The summed E-state index contributed by atoms with van der Waals surface area (Å²) in [5.74, 6) is 0.669. The number of fused-ring (bicyclic) bond motifs is 1. The molecule has 0 amide bonds. The van der Waals surface area contributed by atoms with E-state index in [4.69, 9.17) is 0 Å². The van der Waals surface area contributed by atoms with Gasteiger partial charge in [0.25, 0.3) is 0 Å². The molecule has 1 N–H and O–H groups in total. The van der Waals surface area contributed by atoms with Crippen molar-refractivity contribution in [3.8, 4) is 0 Å². The van der Waals surface area contributed by atoms with Crippen molar-refractivity contribution in [3.63, 3.8) is 0 Å². The summed E-state index contributed by atoms with van der Waals surface area (Å²) < 4.78 is 2.00. The van der Waals surface area contributed by atoms with Crippen molar-refractivity contribution in [2.45, 2.75) is 51.6 Å². The molecule has 0 fully saturated rings. The van der Waals surface area contributed by atoms with Crippen LogP contribution < -0.4 is 5.32 Å². The molecule has 1 aromatic heterocycles. The van der Waals surface area contributed by atoms with Gasteiger partial charge in [0.2, 0.25) is 0 Å². The summed E-state index contributed by atoms with van der Waals surface area (Å²) in [5, 5.41) is 8.06. The molecule has 2 atom stereocenters. The predicted molar refractivity (Wildman–Crippen MR) is 83.1 cm³/mol. The van der Waals surface area contributed by atoms with E-state index in [1.165, 1.54) is 24.0 Å². The van der Waals surface area contributed by atoms with E-state index in [0.717, 1.165) is 5.69 Å². The molecule has 1 heterocycles. The van der Waals surface area contributed by atoms with E-state index < -0.39 is 0 Å². The number of nitrogens with one attached hydrogen (secondary N) is 1. The van der Waals surface area contributed by atoms with Crippen LogP contribution in [-0.4, -0.2) is 9.78 Å². The third kappa shape index (κ3) is 2.45. The largest absolute Gasteiger partial charge is 0.376 e. The van der Waals surface area contributed by atoms with Gasteiger partial charge >= 0.3 is 0 Å². The van der Waals surface area contributed by atoms with Gasteiger partial charge in [-0.25, -0.2) is 0 Å². The highest BCUT2D eigenvalue weighted by atomic mass is 15.3. The molecule has 1 aromatic carbocycles. The summed E-state index contributed by atoms with van der Waals surface area (Å²) in [6.45, 7) is 6.62. The maximum absolute atomic E-state index is 4.41. The first-order valence-corrected chi connectivity index (χ1v) is 7.54. The van der Waals surface area contributed by atoms with Gasteiger partial charge in [-0.05, 0) is 43.7 Å². The van der Waals surface area contributed by atoms with E-state index in [9.17, 15) is 0 Å². The predicted octanol–water partition coefficient (Wildman–Crippen LogP) is 4.51. The Morgan fingerprint density at radius 1 is 1.20 bits per heavy atom. The summed E-state index contributed by atoms with van der Waals surface area (Å²) in [5.41, 5.74) is 4.06. The van der Waals surface area contributed by atoms with Crippen molar-refractivity contribution in [3.05, 3.63) is 47.8 Å². The third-order valence-corrected chi connectivity index (χ3v) is 4.26. The van der Waals surface area contributed by atoms with Crippen molar-refractivity contribution < 1.29 is 0 Å². The Bertz CT molecular complexity index is 585. The average Bonchev–Trinajstić information content (AvgIpc) is 2.91. The van der Waals surface area contributed by atoms with Crippen LogP contribution in [0.3, 0.4) is 0 Å². The fraction of sp³-hybridized carbons (Fsp3) is 0.471. The number of nitrogens with zero attached hydrogens (tertiary/aromatic N) is 2. The SMILES string of the molecule is CC1CCC(Nc2cnn(C(C)C)c2)c2ccccc21. The number of benzene rings is 1. The van der Waals surface area contributed by atoms with Crippen LogP contribution in [0.5, 0.6) is 0 Å². The lowest BCUT2D eigenvalue weighted by Crippen LogP contribution is -2.19. The van der Waals surface area contributed by atoms with Gasteiger partial charge in [-0.15, -0.1) is 0 Å². The van der Waals surface area contributed by atoms with Crippen molar-refractivity contribution in [1.82, 2.24) is 9.78 Å². The van der Waals surface area contributed by atoms with E-state index in [1.807, 2.05) is 10.9 Å². The highest BCUT2D eigenvalue weighted by Crippen LogP contribution is 2.38. The molecule has 1 aliphatic carbocycles. The number of aromatic nitrogens is 2. The quantitative estimate of drug-likeness (QED) is 0.888. The second-order valence-corrected chi connectivity index (χ2v) is 6.11. The van der Waals surface area contributed by atoms with E-state index >= 15 is 0 Å². The van der Waals surface area contributed by atoms with Crippen molar-refractivity contribution >= 4 is 5.69 Å². The van der Waals surface area contributed by atoms with Crippen LogP contribution in [0.15, 0.2) is 36.7 Å². The maximum atomic E-state index is 4.41. The molecule has 3 nitrogen and oxygen atoms in total. The zero-order chi connectivity index (χ0) is 14.1. The van der Waals surface area contributed by atoms with E-state index in [-0.39, 0.29) is 0 Å². The molecule has 0 radical (unpaired) electrons. The Labute approximate surface area is 121 Å². The molecular weight excluding hydrogens is 246 g/mol. The highest BCUT2D eigenvalue weighted by Gasteiger charge is 2.24. The van der Waals surface area contributed by atoms with Gasteiger partial charge < -0.3 is 5.32 Å². The smallest absolute Gasteiger partial charge is 0.0731 e. The first kappa shape index (κ1) is 13.2. The lowest BCUT2D eigenvalue weighted by molar-refractivity contribution is 0.529. The molecule has 2 unspecified atom stereocenters. The molecule has 0 saturated carbocycles. The van der Waals surface area contributed by atoms with Crippen LogP contribution in [0.25, 0.3) is 0 Å². The van der Waals surface area contributed by atoms with E-state index in [1.54, 1.807) is 0 Å². The average molecular weight is 269 g/mol. The Balaban J connectivity index is 1.83. The van der Waals surface area contributed by atoms with Gasteiger partial charge in [0.05, 0.1) is 17.9 Å². The molecule has 3 heteroatoms. The Hall–Kier alpha value is -1.77. The van der Waals surface area contributed by atoms with Crippen LogP contribution in [0.1, 0.15) is 62.7 Å². The van der Waals surface area contributed by atoms with Gasteiger partial charge in [0.15, 0.2) is 0 Å². The van der Waals surface area contributed by atoms with Crippen LogP contribution in [-0.2, 0) is 0 Å². The topological polar surface area (TPSA) is 29.9 Å². The molecule has 2 aromatic rings. The Kier molecular flexibility index (Phi) is 3.51. The number of hydrogen-bond acceptors (Lipinski definition) is 2. The molecule has 20 heavy (non-hydrogen) atoms. The minimum absolute atomic E-state index is 0.407. The van der Waals surface area contributed by atoms with Crippen LogP contribution in [0.2, 0.25) is 0 Å². The van der Waals surface area contributed by atoms with Crippen LogP contribution >= 0.6 is 0 Å². The number of anilines is 1. The van der Waals surface area contributed by atoms with Gasteiger partial charge in [-0.2, -0.15) is 5.10 Å². The zero-order valence-corrected chi connectivity index (χ0v) is 12.5. The summed E-state index contributed by atoms with van der Waals surface area (Å²) in [6.07, 6.45) is 6.46. The molecule has 0 aliphatic heterocycles. The van der Waals surface area contributed by atoms with Gasteiger partial charge in [0.1, 0.15) is 0 Å². The normalized spacial score (nSPS) is 21.8. The Morgan fingerprint density at radius 3 is 2.65 bits per heavy atom. The standard InChI is InChI=1S/C17H23N3/c1-12(2)20-11-14(10-18-20)19-17-9-8-13(3)15-6-4-5-7-16(15)17/h4-7,10-13,17,19H,8-9H2,1-3H3. The number of rotatable bonds is 3. The van der Waals surface area contributed by atoms with Crippen molar-refractivity contribution in [1.29, 1.82) is 0 Å². The highest BCUT2D eigenvalue weighted by molar-refractivity contribution is 5.45. The molecule has 0 spiro atoms. The summed E-state index contributed by atoms with van der Waals surface area (Å²) in [4.78, 5) is 0.